The molecule has 0 radical (unpaired) electrons. The number of aliphatic hydroxyl groups excluding tert-OH is 5. The van der Waals surface area contributed by atoms with Crippen LogP contribution < -0.4 is 4.74 Å². The van der Waals surface area contributed by atoms with Gasteiger partial charge in [0, 0.05) is 63.5 Å². The van der Waals surface area contributed by atoms with Gasteiger partial charge < -0.3 is 49.5 Å². The molecule has 1 aromatic rings. The molecule has 3 aliphatic rings. The van der Waals surface area contributed by atoms with E-state index in [0.717, 1.165) is 12.1 Å². The van der Waals surface area contributed by atoms with Gasteiger partial charge in [-0.1, -0.05) is 0 Å². The van der Waals surface area contributed by atoms with Gasteiger partial charge in [-0.05, 0) is 31.6 Å². The summed E-state index contributed by atoms with van der Waals surface area (Å²) >= 11 is 0. The first kappa shape index (κ1) is 38.9. The molecule has 5 N–H and O–H groups in total. The van der Waals surface area contributed by atoms with Gasteiger partial charge in [-0.3, -0.25) is 9.69 Å². The van der Waals surface area contributed by atoms with Gasteiger partial charge in [0.25, 0.3) is 5.60 Å². The predicted molar refractivity (Wildman–Crippen MR) is 159 cm³/mol. The van der Waals surface area contributed by atoms with Crippen LogP contribution in [0.4, 0.5) is 26.7 Å². The van der Waals surface area contributed by atoms with E-state index in [1.807, 2.05) is 0 Å². The van der Waals surface area contributed by atoms with Crippen LogP contribution in [0.15, 0.2) is 12.1 Å². The van der Waals surface area contributed by atoms with E-state index in [4.69, 9.17) is 14.6 Å². The van der Waals surface area contributed by atoms with E-state index in [-0.39, 0.29) is 64.1 Å². The topological polar surface area (TPSA) is 173 Å². The van der Waals surface area contributed by atoms with Crippen molar-refractivity contribution >= 4 is 12.0 Å². The summed E-state index contributed by atoms with van der Waals surface area (Å²) in [7, 11) is 0. The molecule has 49 heavy (non-hydrogen) atoms. The van der Waals surface area contributed by atoms with Crippen molar-refractivity contribution in [2.75, 3.05) is 72.2 Å². The minimum Gasteiger partial charge on any atom is -0.493 e. The number of alkyl halides is 3. The molecule has 3 aliphatic heterocycles. The van der Waals surface area contributed by atoms with Crippen molar-refractivity contribution < 1.29 is 71.3 Å². The third-order valence-corrected chi connectivity index (χ3v) is 9.31. The normalized spacial score (nSPS) is 21.4. The number of rotatable bonds is 14. The lowest BCUT2D eigenvalue weighted by atomic mass is 9.92. The van der Waals surface area contributed by atoms with E-state index in [1.54, 1.807) is 4.90 Å². The van der Waals surface area contributed by atoms with Crippen LogP contribution in [-0.2, 0) is 20.7 Å². The maximum Gasteiger partial charge on any atom is 0.433 e. The summed E-state index contributed by atoms with van der Waals surface area (Å²) in [6.45, 7) is -0.779. The zero-order valence-electron chi connectivity index (χ0n) is 26.9. The number of benzene rings is 1. The fraction of sp³-hybridized carbons (Fsp3) is 0.742. The monoisotopic (exact) mass is 713 g/mol. The number of carbonyl (C=O) groups excluding carboxylic acids is 2. The smallest absolute Gasteiger partial charge is 0.433 e. The largest absolute Gasteiger partial charge is 0.493 e. The summed E-state index contributed by atoms with van der Waals surface area (Å²) in [5, 5.41) is 48.3. The van der Waals surface area contributed by atoms with Crippen LogP contribution in [0.25, 0.3) is 0 Å². The lowest BCUT2D eigenvalue weighted by Crippen LogP contribution is -2.64. The highest BCUT2D eigenvalue weighted by Gasteiger charge is 2.64. The van der Waals surface area contributed by atoms with Crippen molar-refractivity contribution in [3.63, 3.8) is 0 Å². The molecule has 0 spiro atoms. The molecule has 278 valence electrons. The summed E-state index contributed by atoms with van der Waals surface area (Å²) in [6, 6.07) is 2.01. The maximum absolute atomic E-state index is 14.8. The Labute approximate surface area is 279 Å². The highest BCUT2D eigenvalue weighted by molar-refractivity contribution is 5.79. The summed E-state index contributed by atoms with van der Waals surface area (Å²) in [5.41, 5.74) is -3.01. The first-order valence-electron chi connectivity index (χ1n) is 16.2. The maximum atomic E-state index is 14.8. The van der Waals surface area contributed by atoms with Crippen LogP contribution in [0.3, 0.4) is 0 Å². The molecule has 13 nitrogen and oxygen atoms in total. The average molecular weight is 714 g/mol. The molecule has 0 aliphatic carbocycles. The summed E-state index contributed by atoms with van der Waals surface area (Å²) < 4.78 is 84.4. The standard InChI is InChI=1S/C31H44F5N3O10/c32-22-12-20(48-11-1-2-19-3-5-39(6-4-19)29(46)49-30(17-47-18-30)31(34,35)36)13-23(33)21(22)14-26(43)38-9-7-37(8-10-38)15-24(41)27(44)28(45)25(42)16-40/h12-13,19,24-25,27-28,40-42,44-45H,1-11,14-18H2. The molecular formula is C31H44F5N3O10. The van der Waals surface area contributed by atoms with Crippen molar-refractivity contribution in [1.82, 2.24) is 14.7 Å². The van der Waals surface area contributed by atoms with Crippen LogP contribution in [-0.4, -0.2) is 161 Å². The molecule has 18 heteroatoms. The van der Waals surface area contributed by atoms with E-state index in [0.29, 0.717) is 25.7 Å². The van der Waals surface area contributed by atoms with Gasteiger partial charge in [0.1, 0.15) is 35.7 Å². The molecule has 4 unspecified atom stereocenters. The lowest BCUT2D eigenvalue weighted by Gasteiger charge is -2.43. The summed E-state index contributed by atoms with van der Waals surface area (Å²) in [6.07, 6.45) is -10.5. The van der Waals surface area contributed by atoms with Crippen molar-refractivity contribution in [1.29, 1.82) is 0 Å². The number of hydrogen-bond acceptors (Lipinski definition) is 11. The van der Waals surface area contributed by atoms with Gasteiger partial charge in [-0.25, -0.2) is 13.6 Å². The zero-order valence-corrected chi connectivity index (χ0v) is 26.9. The Hall–Kier alpha value is -2.87. The number of ether oxygens (including phenoxy) is 3. The Morgan fingerprint density at radius 2 is 1.51 bits per heavy atom. The number of amides is 2. The molecule has 3 heterocycles. The van der Waals surface area contributed by atoms with E-state index in [9.17, 15) is 52.0 Å². The first-order chi connectivity index (χ1) is 23.1. The van der Waals surface area contributed by atoms with Crippen LogP contribution in [0, 0.1) is 17.6 Å². The second-order valence-corrected chi connectivity index (χ2v) is 12.8. The number of aliphatic hydroxyl groups is 5. The molecule has 4 rings (SSSR count). The van der Waals surface area contributed by atoms with E-state index < -0.39 is 91.6 Å². The van der Waals surface area contributed by atoms with E-state index >= 15 is 0 Å². The van der Waals surface area contributed by atoms with Gasteiger partial charge >= 0.3 is 12.3 Å². The average Bonchev–Trinajstić information content (AvgIpc) is 3.05. The number of halogens is 5. The van der Waals surface area contributed by atoms with Crippen molar-refractivity contribution in [2.45, 2.75) is 68.3 Å². The molecule has 2 amide bonds. The van der Waals surface area contributed by atoms with Crippen molar-refractivity contribution in [3.8, 4) is 5.75 Å². The minimum absolute atomic E-state index is 0.0479. The molecule has 3 saturated heterocycles. The number of β-amino-alcohol motifs (C(OH)–C–C–N with tert-alkyl or cyclic N) is 1. The van der Waals surface area contributed by atoms with Gasteiger partial charge in [0.2, 0.25) is 5.91 Å². The molecular weight excluding hydrogens is 669 g/mol. The fourth-order valence-corrected chi connectivity index (χ4v) is 5.98. The number of piperidine rings is 1. The fourth-order valence-electron chi connectivity index (χ4n) is 5.98. The SMILES string of the molecule is O=C(Cc1c(F)cc(OCCCC2CCN(C(=O)OC3(C(F)(F)F)COC3)CC2)cc1F)N1CCN(CC(O)C(O)C(O)C(O)CO)CC1. The number of piperazine rings is 1. The highest BCUT2D eigenvalue weighted by atomic mass is 19.4. The number of carbonyl (C=O) groups is 2. The van der Waals surface area contributed by atoms with Crippen LogP contribution in [0.2, 0.25) is 0 Å². The molecule has 4 atom stereocenters. The number of likely N-dealkylation sites (tertiary alicyclic amines) is 1. The van der Waals surface area contributed by atoms with Crippen molar-refractivity contribution in [2.24, 2.45) is 5.92 Å². The Balaban J connectivity index is 1.14. The molecule has 3 fully saturated rings. The Bertz CT molecular complexity index is 1230. The third kappa shape index (κ3) is 9.89. The summed E-state index contributed by atoms with van der Waals surface area (Å²) in [5.74, 6) is -2.27. The summed E-state index contributed by atoms with van der Waals surface area (Å²) in [4.78, 5) is 29.5. The Morgan fingerprint density at radius 1 is 0.918 bits per heavy atom. The zero-order chi connectivity index (χ0) is 35.9. The number of hydrogen-bond donors (Lipinski definition) is 5. The molecule has 1 aromatic carbocycles. The van der Waals surface area contributed by atoms with Crippen LogP contribution in [0.5, 0.6) is 5.75 Å². The quantitative estimate of drug-likeness (QED) is 0.134. The van der Waals surface area contributed by atoms with Gasteiger partial charge in [-0.2, -0.15) is 13.2 Å². The van der Waals surface area contributed by atoms with Gasteiger partial charge in [0.15, 0.2) is 0 Å². The molecule has 0 aromatic heterocycles. The van der Waals surface area contributed by atoms with E-state index in [1.165, 1.54) is 9.80 Å². The predicted octanol–water partition coefficient (Wildman–Crippen LogP) is 0.426. The van der Waals surface area contributed by atoms with Gasteiger partial charge in [-0.15, -0.1) is 0 Å². The van der Waals surface area contributed by atoms with Gasteiger partial charge in [0.05, 0.1) is 39.0 Å². The second-order valence-electron chi connectivity index (χ2n) is 12.8. The first-order valence-corrected chi connectivity index (χ1v) is 16.2. The lowest BCUT2D eigenvalue weighted by molar-refractivity contribution is -0.333. The minimum atomic E-state index is -4.72. The molecule has 0 saturated carbocycles. The van der Waals surface area contributed by atoms with Crippen molar-refractivity contribution in [3.05, 3.63) is 29.3 Å². The van der Waals surface area contributed by atoms with Crippen LogP contribution in [0.1, 0.15) is 31.2 Å². The van der Waals surface area contributed by atoms with Crippen LogP contribution >= 0.6 is 0 Å². The third-order valence-electron chi connectivity index (χ3n) is 9.31. The number of nitrogens with zero attached hydrogens (tertiary/aromatic N) is 3. The Morgan fingerprint density at radius 3 is 2.04 bits per heavy atom. The molecule has 0 bridgehead atoms. The second kappa shape index (κ2) is 16.9. The van der Waals surface area contributed by atoms with E-state index in [2.05, 4.69) is 4.74 Å². The highest BCUT2D eigenvalue weighted by Crippen LogP contribution is 2.40. The Kier molecular flexibility index (Phi) is 13.4.